The lowest BCUT2D eigenvalue weighted by molar-refractivity contribution is 0.704. The van der Waals surface area contributed by atoms with E-state index >= 15 is 0 Å². The van der Waals surface area contributed by atoms with E-state index in [2.05, 4.69) is 31.1 Å². The zero-order valence-corrected chi connectivity index (χ0v) is 16.2. The van der Waals surface area contributed by atoms with Gasteiger partial charge in [0.25, 0.3) is 0 Å². The predicted octanol–water partition coefficient (Wildman–Crippen LogP) is 3.62. The Kier molecular flexibility index (Phi) is 4.73. The zero-order valence-electron chi connectivity index (χ0n) is 13.2. The molecule has 0 aliphatic heterocycles. The number of alkyl halides is 2. The van der Waals surface area contributed by atoms with Gasteiger partial charge in [-0.2, -0.15) is 9.36 Å². The van der Waals surface area contributed by atoms with E-state index < -0.39 is 4.33 Å². The van der Waals surface area contributed by atoms with Crippen molar-refractivity contribution in [3.63, 3.8) is 0 Å². The highest BCUT2D eigenvalue weighted by Crippen LogP contribution is 2.39. The van der Waals surface area contributed by atoms with E-state index in [4.69, 9.17) is 46.4 Å². The Hall–Kier alpha value is -2.26. The fraction of sp³-hybridized carbons (Fsp3) is 0.0667. The van der Waals surface area contributed by atoms with E-state index in [-0.39, 0.29) is 11.6 Å². The minimum atomic E-state index is -1.74. The quantitative estimate of drug-likeness (QED) is 0.449. The second-order valence-electron chi connectivity index (χ2n) is 5.36. The molecule has 4 rings (SSSR count). The van der Waals surface area contributed by atoms with Crippen LogP contribution in [0.5, 0.6) is 0 Å². The van der Waals surface area contributed by atoms with E-state index in [1.54, 1.807) is 48.5 Å². The van der Waals surface area contributed by atoms with Crippen molar-refractivity contribution < 1.29 is 0 Å². The molecule has 0 atom stereocenters. The highest BCUT2D eigenvalue weighted by molar-refractivity contribution is 6.49. The van der Waals surface area contributed by atoms with Crippen molar-refractivity contribution in [2.24, 2.45) is 0 Å². The van der Waals surface area contributed by atoms with Gasteiger partial charge < -0.3 is 0 Å². The number of tetrazole rings is 2. The van der Waals surface area contributed by atoms with Gasteiger partial charge in [-0.25, -0.2) is 0 Å². The Morgan fingerprint density at radius 3 is 1.37 bits per heavy atom. The van der Waals surface area contributed by atoms with E-state index in [1.807, 2.05) is 0 Å². The molecule has 0 saturated carbocycles. The molecule has 8 nitrogen and oxygen atoms in total. The summed E-state index contributed by atoms with van der Waals surface area (Å²) < 4.78 is 1.03. The second-order valence-corrected chi connectivity index (χ2v) is 7.56. The number of hydrogen-bond acceptors (Lipinski definition) is 6. The Morgan fingerprint density at radius 1 is 0.630 bits per heavy atom. The van der Waals surface area contributed by atoms with Gasteiger partial charge in [0, 0.05) is 10.0 Å². The predicted molar refractivity (Wildman–Crippen MR) is 101 cm³/mol. The molecule has 12 heteroatoms. The summed E-state index contributed by atoms with van der Waals surface area (Å²) in [5, 5.41) is 24.3. The molecule has 0 bridgehead atoms. The van der Waals surface area contributed by atoms with Crippen molar-refractivity contribution in [1.82, 2.24) is 40.4 Å². The third-order valence-corrected chi connectivity index (χ3v) is 4.82. The van der Waals surface area contributed by atoms with Crippen LogP contribution in [0.15, 0.2) is 48.5 Å². The van der Waals surface area contributed by atoms with Crippen molar-refractivity contribution in [2.75, 3.05) is 0 Å². The summed E-state index contributed by atoms with van der Waals surface area (Å²) in [6, 6.07) is 13.7. The molecule has 0 saturated heterocycles. The molecular formula is C15H8Cl4N8. The van der Waals surface area contributed by atoms with Gasteiger partial charge in [-0.05, 0) is 69.4 Å². The minimum absolute atomic E-state index is 0.123. The van der Waals surface area contributed by atoms with Crippen LogP contribution in [0.25, 0.3) is 11.4 Å². The maximum absolute atomic E-state index is 6.63. The minimum Gasteiger partial charge on any atom is -0.194 e. The van der Waals surface area contributed by atoms with E-state index in [9.17, 15) is 0 Å². The van der Waals surface area contributed by atoms with Crippen LogP contribution in [0.3, 0.4) is 0 Å². The summed E-state index contributed by atoms with van der Waals surface area (Å²) >= 11 is 25.1. The molecule has 2 heterocycles. The Balaban J connectivity index is 1.80. The summed E-state index contributed by atoms with van der Waals surface area (Å²) in [6.45, 7) is 0. The smallest absolute Gasteiger partial charge is 0.194 e. The Morgan fingerprint density at radius 2 is 1.00 bits per heavy atom. The first-order valence-corrected chi connectivity index (χ1v) is 8.95. The number of halogens is 4. The molecule has 4 aromatic rings. The standard InChI is InChI=1S/C15H8Cl4N8/c16-9-1-5-11(6-2-9)26-13(20-22-24-26)15(18,19)14-21-23-25-27(14)12-7-3-10(17)4-8-12/h1-8H. The van der Waals surface area contributed by atoms with Crippen molar-refractivity contribution in [3.05, 3.63) is 70.2 Å². The molecule has 2 aromatic carbocycles. The molecule has 0 aliphatic carbocycles. The van der Waals surface area contributed by atoms with Gasteiger partial charge in [0.15, 0.2) is 0 Å². The third kappa shape index (κ3) is 3.37. The topological polar surface area (TPSA) is 87.2 Å². The molecule has 0 unspecified atom stereocenters. The monoisotopic (exact) mass is 440 g/mol. The molecule has 0 amide bonds. The van der Waals surface area contributed by atoms with Gasteiger partial charge in [-0.15, -0.1) is 10.2 Å². The van der Waals surface area contributed by atoms with Crippen LogP contribution in [0.1, 0.15) is 11.6 Å². The number of benzene rings is 2. The summed E-state index contributed by atoms with van der Waals surface area (Å²) in [4.78, 5) is 0. The molecule has 0 aliphatic rings. The first kappa shape index (κ1) is 18.1. The van der Waals surface area contributed by atoms with Crippen LogP contribution >= 0.6 is 46.4 Å². The molecule has 2 aromatic heterocycles. The lowest BCUT2D eigenvalue weighted by Crippen LogP contribution is -2.24. The zero-order chi connectivity index (χ0) is 19.0. The van der Waals surface area contributed by atoms with Gasteiger partial charge in [-0.3, -0.25) is 0 Å². The first-order chi connectivity index (χ1) is 13.0. The van der Waals surface area contributed by atoms with Crippen molar-refractivity contribution in [3.8, 4) is 11.4 Å². The Labute approximate surface area is 172 Å². The first-order valence-electron chi connectivity index (χ1n) is 7.44. The fourth-order valence-electron chi connectivity index (χ4n) is 2.38. The van der Waals surface area contributed by atoms with Gasteiger partial charge in [0.2, 0.25) is 16.0 Å². The normalized spacial score (nSPS) is 11.7. The molecule has 136 valence electrons. The van der Waals surface area contributed by atoms with Crippen molar-refractivity contribution >= 4 is 46.4 Å². The van der Waals surface area contributed by atoms with Crippen LogP contribution in [-0.4, -0.2) is 40.4 Å². The fourth-order valence-corrected chi connectivity index (χ4v) is 3.10. The average molecular weight is 442 g/mol. The lowest BCUT2D eigenvalue weighted by Gasteiger charge is -2.18. The summed E-state index contributed by atoms with van der Waals surface area (Å²) in [5.74, 6) is 0.247. The van der Waals surface area contributed by atoms with Gasteiger partial charge >= 0.3 is 0 Å². The average Bonchev–Trinajstić information content (AvgIpc) is 3.33. The molecule has 0 spiro atoms. The molecule has 0 N–H and O–H groups in total. The van der Waals surface area contributed by atoms with Gasteiger partial charge in [0.1, 0.15) is 0 Å². The molecule has 0 fully saturated rings. The van der Waals surface area contributed by atoms with E-state index in [0.29, 0.717) is 21.4 Å². The van der Waals surface area contributed by atoms with Crippen molar-refractivity contribution in [2.45, 2.75) is 4.33 Å². The van der Waals surface area contributed by atoms with Gasteiger partial charge in [-0.1, -0.05) is 46.4 Å². The van der Waals surface area contributed by atoms with Gasteiger partial charge in [0.05, 0.1) is 11.4 Å². The second kappa shape index (κ2) is 7.05. The van der Waals surface area contributed by atoms with Crippen LogP contribution in [-0.2, 0) is 4.33 Å². The van der Waals surface area contributed by atoms with Crippen LogP contribution in [0.4, 0.5) is 0 Å². The van der Waals surface area contributed by atoms with Crippen LogP contribution < -0.4 is 0 Å². The summed E-state index contributed by atoms with van der Waals surface area (Å²) in [6.07, 6.45) is 0. The Bertz CT molecular complexity index is 986. The molecule has 0 radical (unpaired) electrons. The molecular weight excluding hydrogens is 434 g/mol. The van der Waals surface area contributed by atoms with E-state index in [0.717, 1.165) is 0 Å². The number of rotatable bonds is 4. The highest BCUT2D eigenvalue weighted by Gasteiger charge is 2.41. The highest BCUT2D eigenvalue weighted by atomic mass is 35.5. The number of hydrogen-bond donors (Lipinski definition) is 0. The van der Waals surface area contributed by atoms with Crippen LogP contribution in [0.2, 0.25) is 10.0 Å². The third-order valence-electron chi connectivity index (χ3n) is 3.64. The summed E-state index contributed by atoms with van der Waals surface area (Å²) in [7, 11) is 0. The van der Waals surface area contributed by atoms with E-state index in [1.165, 1.54) is 9.36 Å². The van der Waals surface area contributed by atoms with Crippen LogP contribution in [0, 0.1) is 0 Å². The SMILES string of the molecule is Clc1ccc(-n2nnnc2C(Cl)(Cl)c2nnnn2-c2ccc(Cl)cc2)cc1. The van der Waals surface area contributed by atoms with Crippen molar-refractivity contribution in [1.29, 1.82) is 0 Å². The number of nitrogens with zero attached hydrogens (tertiary/aromatic N) is 8. The number of aromatic nitrogens is 8. The maximum atomic E-state index is 6.63. The lowest BCUT2D eigenvalue weighted by atomic mass is 10.3. The maximum Gasteiger partial charge on any atom is 0.240 e. The summed E-state index contributed by atoms with van der Waals surface area (Å²) in [5.41, 5.74) is 1.24. The largest absolute Gasteiger partial charge is 0.240 e. The molecule has 27 heavy (non-hydrogen) atoms.